The second-order valence-corrected chi connectivity index (χ2v) is 7.79. The zero-order valence-corrected chi connectivity index (χ0v) is 14.9. The summed E-state index contributed by atoms with van der Waals surface area (Å²) in [5.41, 5.74) is 1.39. The second kappa shape index (κ2) is 7.01. The van der Waals surface area contributed by atoms with E-state index in [2.05, 4.69) is 58.5 Å². The van der Waals surface area contributed by atoms with Crippen LogP contribution in [0.3, 0.4) is 0 Å². The Morgan fingerprint density at radius 2 is 2.04 bits per heavy atom. The van der Waals surface area contributed by atoms with E-state index in [0.717, 1.165) is 26.2 Å². The lowest BCUT2D eigenvalue weighted by Gasteiger charge is -2.30. The summed E-state index contributed by atoms with van der Waals surface area (Å²) in [7, 11) is 0. The van der Waals surface area contributed by atoms with Crippen LogP contribution in [-0.2, 0) is 0 Å². The van der Waals surface area contributed by atoms with Crippen molar-refractivity contribution >= 4 is 22.1 Å². The van der Waals surface area contributed by atoms with Crippen LogP contribution in [-0.4, -0.2) is 36.1 Å². The maximum absolute atomic E-state index is 4.23. The van der Waals surface area contributed by atoms with Crippen LogP contribution in [0.25, 0.3) is 10.8 Å². The van der Waals surface area contributed by atoms with Gasteiger partial charge in [-0.1, -0.05) is 12.1 Å². The van der Waals surface area contributed by atoms with E-state index in [4.69, 9.17) is 0 Å². The highest BCUT2D eigenvalue weighted by Crippen LogP contribution is 2.34. The molecule has 0 aliphatic carbocycles. The third-order valence-electron chi connectivity index (χ3n) is 4.75. The topological polar surface area (TPSA) is 28.2 Å². The Morgan fingerprint density at radius 3 is 2.92 bits per heavy atom. The van der Waals surface area contributed by atoms with Crippen molar-refractivity contribution in [2.45, 2.75) is 19.4 Å². The fraction of sp³-hybridized carbons (Fsp3) is 0.350. The number of thiophene rings is 1. The van der Waals surface area contributed by atoms with Gasteiger partial charge in [0.2, 0.25) is 0 Å². The van der Waals surface area contributed by atoms with Gasteiger partial charge in [-0.05, 0) is 55.1 Å². The van der Waals surface area contributed by atoms with Crippen molar-refractivity contribution in [1.82, 2.24) is 15.2 Å². The van der Waals surface area contributed by atoms with Gasteiger partial charge in [-0.3, -0.25) is 9.88 Å². The molecule has 2 aromatic heterocycles. The number of aromatic nitrogens is 1. The molecule has 3 nitrogen and oxygen atoms in total. The average Bonchev–Trinajstić information content (AvgIpc) is 2.86. The van der Waals surface area contributed by atoms with Gasteiger partial charge in [-0.15, -0.1) is 11.3 Å². The quantitative estimate of drug-likeness (QED) is 0.783. The standard InChI is InChI=1S/C20H23N3S/c1-15-3-6-19(24-15)20(23-11-2-8-21-10-12-23)17-4-5-18-14-22-9-7-16(18)13-17/h3-7,9,13-14,20-21H,2,8,10-12H2,1H3. The number of fused-ring (bicyclic) bond motifs is 1. The van der Waals surface area contributed by atoms with Crippen molar-refractivity contribution in [2.75, 3.05) is 26.2 Å². The van der Waals surface area contributed by atoms with Crippen molar-refractivity contribution in [2.24, 2.45) is 0 Å². The molecule has 1 aliphatic heterocycles. The molecule has 1 aromatic carbocycles. The molecule has 0 bridgehead atoms. The SMILES string of the molecule is Cc1ccc(C(c2ccc3cnccc3c2)N2CCCNCC2)s1. The predicted molar refractivity (Wildman–Crippen MR) is 102 cm³/mol. The first-order chi connectivity index (χ1) is 11.8. The highest BCUT2D eigenvalue weighted by Gasteiger charge is 2.24. The van der Waals surface area contributed by atoms with Crippen molar-refractivity contribution < 1.29 is 0 Å². The molecule has 1 atom stereocenters. The molecule has 0 radical (unpaired) electrons. The molecule has 4 heteroatoms. The Morgan fingerprint density at radius 1 is 1.08 bits per heavy atom. The van der Waals surface area contributed by atoms with Gasteiger partial charge in [0.25, 0.3) is 0 Å². The van der Waals surface area contributed by atoms with E-state index in [0.29, 0.717) is 6.04 Å². The summed E-state index contributed by atoms with van der Waals surface area (Å²) in [5.74, 6) is 0. The van der Waals surface area contributed by atoms with Crippen LogP contribution in [0.2, 0.25) is 0 Å². The lowest BCUT2D eigenvalue weighted by molar-refractivity contribution is 0.244. The van der Waals surface area contributed by atoms with Gasteiger partial charge in [0.05, 0.1) is 6.04 Å². The molecule has 3 aromatic rings. The highest BCUT2D eigenvalue weighted by atomic mass is 32.1. The summed E-state index contributed by atoms with van der Waals surface area (Å²) < 4.78 is 0. The summed E-state index contributed by atoms with van der Waals surface area (Å²) in [4.78, 5) is 9.70. The molecule has 0 amide bonds. The predicted octanol–water partition coefficient (Wildman–Crippen LogP) is 3.99. The number of benzene rings is 1. The van der Waals surface area contributed by atoms with Crippen LogP contribution in [0.15, 0.2) is 48.8 Å². The number of hydrogen-bond acceptors (Lipinski definition) is 4. The first-order valence-corrected chi connectivity index (χ1v) is 9.48. The fourth-order valence-electron chi connectivity index (χ4n) is 3.55. The van der Waals surface area contributed by atoms with Crippen LogP contribution in [0, 0.1) is 6.92 Å². The van der Waals surface area contributed by atoms with E-state index in [1.165, 1.54) is 32.5 Å². The Kier molecular flexibility index (Phi) is 4.60. The molecule has 3 heterocycles. The summed E-state index contributed by atoms with van der Waals surface area (Å²) in [6.07, 6.45) is 5.03. The maximum Gasteiger partial charge on any atom is 0.0696 e. The molecule has 1 fully saturated rings. The van der Waals surface area contributed by atoms with Crippen LogP contribution in [0.1, 0.15) is 27.8 Å². The monoisotopic (exact) mass is 337 g/mol. The molecule has 24 heavy (non-hydrogen) atoms. The van der Waals surface area contributed by atoms with Crippen LogP contribution >= 0.6 is 11.3 Å². The largest absolute Gasteiger partial charge is 0.315 e. The molecule has 4 rings (SSSR count). The first kappa shape index (κ1) is 15.8. The molecule has 1 unspecified atom stereocenters. The van der Waals surface area contributed by atoms with Crippen molar-refractivity contribution in [3.63, 3.8) is 0 Å². The highest BCUT2D eigenvalue weighted by molar-refractivity contribution is 7.12. The number of hydrogen-bond donors (Lipinski definition) is 1. The van der Waals surface area contributed by atoms with E-state index in [1.54, 1.807) is 0 Å². The minimum Gasteiger partial charge on any atom is -0.315 e. The summed E-state index contributed by atoms with van der Waals surface area (Å²) in [5, 5.41) is 6.00. The van der Waals surface area contributed by atoms with Gasteiger partial charge >= 0.3 is 0 Å². The van der Waals surface area contributed by atoms with Gasteiger partial charge < -0.3 is 5.32 Å². The summed E-state index contributed by atoms with van der Waals surface area (Å²) >= 11 is 1.92. The van der Waals surface area contributed by atoms with Gasteiger partial charge in [-0.2, -0.15) is 0 Å². The Bertz CT molecular complexity index is 818. The smallest absolute Gasteiger partial charge is 0.0696 e. The Labute approximate surface area is 147 Å². The van der Waals surface area contributed by atoms with E-state index >= 15 is 0 Å². The van der Waals surface area contributed by atoms with Gasteiger partial charge in [0.15, 0.2) is 0 Å². The van der Waals surface area contributed by atoms with E-state index < -0.39 is 0 Å². The van der Waals surface area contributed by atoms with Crippen molar-refractivity contribution in [3.05, 3.63) is 64.1 Å². The minimum atomic E-state index is 0.348. The minimum absolute atomic E-state index is 0.348. The van der Waals surface area contributed by atoms with Gasteiger partial charge in [0, 0.05) is 47.2 Å². The fourth-order valence-corrected chi connectivity index (χ4v) is 4.59. The Hall–Kier alpha value is -1.75. The maximum atomic E-state index is 4.23. The second-order valence-electron chi connectivity index (χ2n) is 6.47. The third kappa shape index (κ3) is 3.22. The third-order valence-corrected chi connectivity index (χ3v) is 5.80. The zero-order valence-electron chi connectivity index (χ0n) is 14.0. The van der Waals surface area contributed by atoms with Crippen LogP contribution in [0.5, 0.6) is 0 Å². The molecule has 0 spiro atoms. The average molecular weight is 337 g/mol. The Balaban J connectivity index is 1.77. The molecule has 1 N–H and O–H groups in total. The number of nitrogens with one attached hydrogen (secondary N) is 1. The van der Waals surface area contributed by atoms with Crippen molar-refractivity contribution in [3.8, 4) is 0 Å². The number of nitrogens with zero attached hydrogens (tertiary/aromatic N) is 2. The molecular formula is C20H23N3S. The molecular weight excluding hydrogens is 314 g/mol. The van der Waals surface area contributed by atoms with Crippen molar-refractivity contribution in [1.29, 1.82) is 0 Å². The number of aryl methyl sites for hydroxylation is 1. The number of pyridine rings is 1. The zero-order chi connectivity index (χ0) is 16.4. The van der Waals surface area contributed by atoms with Crippen LogP contribution < -0.4 is 5.32 Å². The molecule has 0 saturated carbocycles. The number of rotatable bonds is 3. The molecule has 1 aliphatic rings. The van der Waals surface area contributed by atoms with Crippen LogP contribution in [0.4, 0.5) is 0 Å². The molecule has 1 saturated heterocycles. The van der Waals surface area contributed by atoms with E-state index in [-0.39, 0.29) is 0 Å². The summed E-state index contributed by atoms with van der Waals surface area (Å²) in [6.45, 7) is 6.62. The van der Waals surface area contributed by atoms with Gasteiger partial charge in [-0.25, -0.2) is 0 Å². The van der Waals surface area contributed by atoms with Gasteiger partial charge in [0.1, 0.15) is 0 Å². The normalized spacial score (nSPS) is 17.7. The summed E-state index contributed by atoms with van der Waals surface area (Å²) in [6, 6.07) is 13.8. The first-order valence-electron chi connectivity index (χ1n) is 8.66. The lowest BCUT2D eigenvalue weighted by atomic mass is 10.00. The lowest BCUT2D eigenvalue weighted by Crippen LogP contribution is -2.32. The van der Waals surface area contributed by atoms with E-state index in [9.17, 15) is 0 Å². The molecule has 124 valence electrons. The van der Waals surface area contributed by atoms with E-state index in [1.807, 2.05) is 23.7 Å².